The third-order valence-electron chi connectivity index (χ3n) is 4.36. The standard InChI is InChI=1S/C21H28N4O4.HI/c1-3-22-21(24-11-6-10-23-20(26)19-15(2)9-12-27-19)25-13-16-14-28-17-7-4-5-8-18(17)29-16;/h4-5,7-9,12,16H,3,6,10-11,13-14H2,1-2H3,(H,23,26)(H2,22,24,25);1H. The summed E-state index contributed by atoms with van der Waals surface area (Å²) in [6.45, 7) is 6.79. The van der Waals surface area contributed by atoms with E-state index in [4.69, 9.17) is 13.9 Å². The van der Waals surface area contributed by atoms with Gasteiger partial charge in [0.15, 0.2) is 29.3 Å². The van der Waals surface area contributed by atoms with Crippen LogP contribution in [0.1, 0.15) is 29.5 Å². The third-order valence-corrected chi connectivity index (χ3v) is 4.36. The molecule has 1 aromatic carbocycles. The van der Waals surface area contributed by atoms with Crippen molar-refractivity contribution in [3.05, 3.63) is 47.9 Å². The van der Waals surface area contributed by atoms with E-state index < -0.39 is 0 Å². The van der Waals surface area contributed by atoms with Gasteiger partial charge in [0.2, 0.25) is 0 Å². The lowest BCUT2D eigenvalue weighted by atomic mass is 10.2. The minimum atomic E-state index is -0.192. The fourth-order valence-corrected chi connectivity index (χ4v) is 2.87. The molecular formula is C21H29IN4O4. The van der Waals surface area contributed by atoms with E-state index >= 15 is 0 Å². The van der Waals surface area contributed by atoms with Gasteiger partial charge in [-0.25, -0.2) is 4.99 Å². The molecule has 8 nitrogen and oxygen atoms in total. The Hall–Kier alpha value is -2.43. The van der Waals surface area contributed by atoms with Gasteiger partial charge in [-0.05, 0) is 38.5 Å². The number of nitrogens with zero attached hydrogens (tertiary/aromatic N) is 1. The van der Waals surface area contributed by atoms with Crippen molar-refractivity contribution in [1.29, 1.82) is 0 Å². The van der Waals surface area contributed by atoms with Crippen LogP contribution < -0.4 is 25.4 Å². The molecule has 30 heavy (non-hydrogen) atoms. The number of hydrogen-bond donors (Lipinski definition) is 3. The molecule has 1 unspecified atom stereocenters. The Morgan fingerprint density at radius 1 is 1.13 bits per heavy atom. The third kappa shape index (κ3) is 6.82. The van der Waals surface area contributed by atoms with E-state index in [1.165, 1.54) is 6.26 Å². The Balaban J connectivity index is 0.00000320. The lowest BCUT2D eigenvalue weighted by Crippen LogP contribution is -2.40. The van der Waals surface area contributed by atoms with Crippen LogP contribution in [-0.2, 0) is 0 Å². The van der Waals surface area contributed by atoms with E-state index in [2.05, 4.69) is 20.9 Å². The van der Waals surface area contributed by atoms with E-state index in [1.54, 1.807) is 6.07 Å². The number of nitrogens with one attached hydrogen (secondary N) is 3. The van der Waals surface area contributed by atoms with E-state index in [0.29, 0.717) is 38.0 Å². The number of hydrogen-bond acceptors (Lipinski definition) is 5. The number of amides is 1. The fraction of sp³-hybridized carbons (Fsp3) is 0.429. The van der Waals surface area contributed by atoms with Crippen LogP contribution in [0.25, 0.3) is 0 Å². The molecule has 0 aliphatic carbocycles. The SMILES string of the molecule is CCNC(=NCC1COc2ccccc2O1)NCCCNC(=O)c1occc1C.I. The molecular weight excluding hydrogens is 499 g/mol. The minimum Gasteiger partial charge on any atom is -0.486 e. The van der Waals surface area contributed by atoms with Crippen molar-refractivity contribution >= 4 is 35.8 Å². The van der Waals surface area contributed by atoms with Gasteiger partial charge in [-0.3, -0.25) is 4.79 Å². The Morgan fingerprint density at radius 3 is 2.63 bits per heavy atom. The highest BCUT2D eigenvalue weighted by molar-refractivity contribution is 14.0. The summed E-state index contributed by atoms with van der Waals surface area (Å²) in [5, 5.41) is 9.33. The molecule has 1 aliphatic rings. The van der Waals surface area contributed by atoms with Crippen molar-refractivity contribution in [1.82, 2.24) is 16.0 Å². The molecule has 1 aliphatic heterocycles. The molecule has 0 bridgehead atoms. The smallest absolute Gasteiger partial charge is 0.287 e. The molecule has 1 aromatic heterocycles. The molecule has 1 amide bonds. The number of ether oxygens (including phenoxy) is 2. The molecule has 2 heterocycles. The summed E-state index contributed by atoms with van der Waals surface area (Å²) in [4.78, 5) is 16.6. The number of aliphatic imine (C=N–C) groups is 1. The zero-order valence-corrected chi connectivity index (χ0v) is 19.6. The van der Waals surface area contributed by atoms with Crippen LogP contribution in [0.5, 0.6) is 11.5 Å². The lowest BCUT2D eigenvalue weighted by molar-refractivity contribution is 0.0924. The first-order chi connectivity index (χ1) is 14.2. The van der Waals surface area contributed by atoms with Crippen LogP contribution in [0.3, 0.4) is 0 Å². The number of fused-ring (bicyclic) bond motifs is 1. The Labute approximate surface area is 193 Å². The van der Waals surface area contributed by atoms with Gasteiger partial charge in [0.1, 0.15) is 6.61 Å². The average molecular weight is 528 g/mol. The second-order valence-electron chi connectivity index (χ2n) is 6.69. The van der Waals surface area contributed by atoms with Crippen LogP contribution in [0.15, 0.2) is 46.0 Å². The summed E-state index contributed by atoms with van der Waals surface area (Å²) < 4.78 is 16.8. The lowest BCUT2D eigenvalue weighted by Gasteiger charge is -2.25. The first-order valence-corrected chi connectivity index (χ1v) is 9.90. The summed E-state index contributed by atoms with van der Waals surface area (Å²) in [5.41, 5.74) is 0.832. The first-order valence-electron chi connectivity index (χ1n) is 9.90. The molecule has 0 saturated heterocycles. The normalized spacial score (nSPS) is 15.1. The highest BCUT2D eigenvalue weighted by Gasteiger charge is 2.20. The number of halogens is 1. The summed E-state index contributed by atoms with van der Waals surface area (Å²) in [7, 11) is 0. The first kappa shape index (κ1) is 23.8. The van der Waals surface area contributed by atoms with Gasteiger partial charge in [-0.2, -0.15) is 0 Å². The number of carbonyl (C=O) groups excluding carboxylic acids is 1. The molecule has 0 saturated carbocycles. The van der Waals surface area contributed by atoms with Crippen molar-refractivity contribution < 1.29 is 18.7 Å². The Bertz CT molecular complexity index is 840. The number of para-hydroxylation sites is 2. The second-order valence-corrected chi connectivity index (χ2v) is 6.69. The highest BCUT2D eigenvalue weighted by atomic mass is 127. The molecule has 3 rings (SSSR count). The molecule has 2 aromatic rings. The van der Waals surface area contributed by atoms with Crippen LogP contribution in [0.4, 0.5) is 0 Å². The van der Waals surface area contributed by atoms with E-state index in [9.17, 15) is 4.79 Å². The number of benzene rings is 1. The van der Waals surface area contributed by atoms with E-state index in [-0.39, 0.29) is 36.0 Å². The highest BCUT2D eigenvalue weighted by Crippen LogP contribution is 2.30. The maximum atomic E-state index is 12.0. The quantitative estimate of drug-likeness (QED) is 0.211. The number of rotatable bonds is 8. The Morgan fingerprint density at radius 2 is 1.90 bits per heavy atom. The van der Waals surface area contributed by atoms with Crippen LogP contribution >= 0.6 is 24.0 Å². The Kier molecular flexibility index (Phi) is 9.78. The summed E-state index contributed by atoms with van der Waals surface area (Å²) in [5.74, 6) is 2.40. The molecule has 164 valence electrons. The molecule has 9 heteroatoms. The van der Waals surface area contributed by atoms with Gasteiger partial charge in [0.05, 0.1) is 12.8 Å². The van der Waals surface area contributed by atoms with Gasteiger partial charge in [-0.15, -0.1) is 24.0 Å². The van der Waals surface area contributed by atoms with Crippen molar-refractivity contribution in [2.45, 2.75) is 26.4 Å². The zero-order chi connectivity index (χ0) is 20.5. The van der Waals surface area contributed by atoms with Gasteiger partial charge in [-0.1, -0.05) is 12.1 Å². The minimum absolute atomic E-state index is 0. The van der Waals surface area contributed by atoms with Crippen molar-refractivity contribution in [3.8, 4) is 11.5 Å². The predicted octanol–water partition coefficient (Wildman–Crippen LogP) is 2.72. The van der Waals surface area contributed by atoms with Crippen LogP contribution in [0.2, 0.25) is 0 Å². The molecule has 3 N–H and O–H groups in total. The van der Waals surface area contributed by atoms with E-state index in [0.717, 1.165) is 30.0 Å². The molecule has 0 fully saturated rings. The molecule has 0 spiro atoms. The largest absolute Gasteiger partial charge is 0.486 e. The summed E-state index contributed by atoms with van der Waals surface area (Å²) in [6, 6.07) is 9.41. The average Bonchev–Trinajstić information content (AvgIpc) is 3.17. The number of guanidine groups is 1. The summed E-state index contributed by atoms with van der Waals surface area (Å²) >= 11 is 0. The number of aryl methyl sites for hydroxylation is 1. The number of furan rings is 1. The van der Waals surface area contributed by atoms with Gasteiger partial charge in [0, 0.05) is 25.2 Å². The van der Waals surface area contributed by atoms with E-state index in [1.807, 2.05) is 38.1 Å². The number of carbonyl (C=O) groups is 1. The molecule has 0 radical (unpaired) electrons. The van der Waals surface area contributed by atoms with Crippen molar-refractivity contribution in [2.24, 2.45) is 4.99 Å². The topological polar surface area (TPSA) is 97.1 Å². The van der Waals surface area contributed by atoms with Gasteiger partial charge in [0.25, 0.3) is 5.91 Å². The fourth-order valence-electron chi connectivity index (χ4n) is 2.87. The monoisotopic (exact) mass is 528 g/mol. The van der Waals surface area contributed by atoms with Gasteiger partial charge >= 0.3 is 0 Å². The van der Waals surface area contributed by atoms with Crippen LogP contribution in [0, 0.1) is 6.92 Å². The summed E-state index contributed by atoms with van der Waals surface area (Å²) in [6.07, 6.45) is 2.15. The van der Waals surface area contributed by atoms with Gasteiger partial charge < -0.3 is 29.8 Å². The maximum Gasteiger partial charge on any atom is 0.287 e. The second kappa shape index (κ2) is 12.3. The van der Waals surface area contributed by atoms with Crippen molar-refractivity contribution in [3.63, 3.8) is 0 Å². The zero-order valence-electron chi connectivity index (χ0n) is 17.3. The maximum absolute atomic E-state index is 12.0. The predicted molar refractivity (Wildman–Crippen MR) is 126 cm³/mol. The van der Waals surface area contributed by atoms with Crippen LogP contribution in [-0.4, -0.2) is 50.8 Å². The van der Waals surface area contributed by atoms with Crippen molar-refractivity contribution in [2.75, 3.05) is 32.8 Å². The molecule has 1 atom stereocenters.